The van der Waals surface area contributed by atoms with Crippen molar-refractivity contribution >= 4 is 11.6 Å². The van der Waals surface area contributed by atoms with Gasteiger partial charge in [0.2, 0.25) is 0 Å². The van der Waals surface area contributed by atoms with Crippen molar-refractivity contribution in [1.82, 2.24) is 0 Å². The normalized spacial score (nSPS) is 10.7. The summed E-state index contributed by atoms with van der Waals surface area (Å²) >= 11 is 5.87. The first-order valence-electron chi connectivity index (χ1n) is 6.87. The lowest BCUT2D eigenvalue weighted by Crippen LogP contribution is -2.22. The van der Waals surface area contributed by atoms with Gasteiger partial charge in [-0.15, -0.1) is 0 Å². The molecule has 0 unspecified atom stereocenters. The molecule has 0 heterocycles. The van der Waals surface area contributed by atoms with Crippen molar-refractivity contribution in [3.05, 3.63) is 59.1 Å². The Balaban J connectivity index is 1.97. The number of rotatable bonds is 8. The van der Waals surface area contributed by atoms with Gasteiger partial charge in [0.15, 0.2) is 17.8 Å². The Morgan fingerprint density at radius 1 is 0.864 bits per heavy atom. The van der Waals surface area contributed by atoms with E-state index in [9.17, 15) is 0 Å². The van der Waals surface area contributed by atoms with E-state index < -0.39 is 6.29 Å². The van der Waals surface area contributed by atoms with Crippen LogP contribution in [-0.2, 0) is 16.1 Å². The maximum Gasteiger partial charge on any atom is 0.191 e. The fourth-order valence-corrected chi connectivity index (χ4v) is 1.95. The van der Waals surface area contributed by atoms with E-state index in [0.717, 1.165) is 5.56 Å². The Labute approximate surface area is 135 Å². The highest BCUT2D eigenvalue weighted by Crippen LogP contribution is 2.27. The van der Waals surface area contributed by atoms with E-state index in [-0.39, 0.29) is 6.61 Å². The number of para-hydroxylation sites is 2. The first-order valence-corrected chi connectivity index (χ1v) is 7.25. The summed E-state index contributed by atoms with van der Waals surface area (Å²) in [5.41, 5.74) is 1.03. The zero-order valence-corrected chi connectivity index (χ0v) is 13.4. The molecule has 2 rings (SSSR count). The third kappa shape index (κ3) is 4.91. The third-order valence-corrected chi connectivity index (χ3v) is 3.31. The van der Waals surface area contributed by atoms with Crippen molar-refractivity contribution in [2.45, 2.75) is 12.9 Å². The van der Waals surface area contributed by atoms with Gasteiger partial charge in [0.25, 0.3) is 0 Å². The molecule has 4 nitrogen and oxygen atoms in total. The van der Waals surface area contributed by atoms with E-state index in [4.69, 9.17) is 30.5 Å². The summed E-state index contributed by atoms with van der Waals surface area (Å²) < 4.78 is 21.7. The number of hydrogen-bond acceptors (Lipinski definition) is 4. The highest BCUT2D eigenvalue weighted by Gasteiger charge is 2.09. The number of hydrogen-bond donors (Lipinski definition) is 0. The lowest BCUT2D eigenvalue weighted by molar-refractivity contribution is -0.122. The van der Waals surface area contributed by atoms with Crippen LogP contribution in [0.5, 0.6) is 11.5 Å². The zero-order chi connectivity index (χ0) is 15.8. The Kier molecular flexibility index (Phi) is 6.52. The van der Waals surface area contributed by atoms with Crippen molar-refractivity contribution < 1.29 is 18.9 Å². The van der Waals surface area contributed by atoms with E-state index in [1.807, 2.05) is 48.5 Å². The summed E-state index contributed by atoms with van der Waals surface area (Å²) in [4.78, 5) is 0. The summed E-state index contributed by atoms with van der Waals surface area (Å²) in [6.45, 7) is 0.726. The van der Waals surface area contributed by atoms with Gasteiger partial charge in [-0.25, -0.2) is 0 Å². The van der Waals surface area contributed by atoms with Gasteiger partial charge in [-0.2, -0.15) is 0 Å². The van der Waals surface area contributed by atoms with Crippen LogP contribution in [0.25, 0.3) is 0 Å². The molecule has 0 N–H and O–H groups in total. The molecule has 0 amide bonds. The highest BCUT2D eigenvalue weighted by atomic mass is 35.5. The maximum absolute atomic E-state index is 5.87. The van der Waals surface area contributed by atoms with Gasteiger partial charge < -0.3 is 18.9 Å². The molecule has 0 bridgehead atoms. The summed E-state index contributed by atoms with van der Waals surface area (Å²) in [5.74, 6) is 1.32. The predicted molar refractivity (Wildman–Crippen MR) is 85.5 cm³/mol. The number of halogens is 1. The van der Waals surface area contributed by atoms with E-state index >= 15 is 0 Å². The second-order valence-corrected chi connectivity index (χ2v) is 5.01. The fraction of sp³-hybridized carbons (Fsp3) is 0.294. The van der Waals surface area contributed by atoms with E-state index in [1.165, 1.54) is 0 Å². The second-order valence-electron chi connectivity index (χ2n) is 4.57. The molecule has 0 fully saturated rings. The van der Waals surface area contributed by atoms with Crippen LogP contribution < -0.4 is 9.47 Å². The fourth-order valence-electron chi connectivity index (χ4n) is 1.82. The van der Waals surface area contributed by atoms with Crippen LogP contribution in [-0.4, -0.2) is 27.1 Å². The minimum Gasteiger partial charge on any atom is -0.485 e. The molecule has 0 aliphatic rings. The van der Waals surface area contributed by atoms with E-state index in [0.29, 0.717) is 23.1 Å². The second kappa shape index (κ2) is 8.63. The molecule has 118 valence electrons. The number of ether oxygens (including phenoxy) is 4. The van der Waals surface area contributed by atoms with Gasteiger partial charge in [0.05, 0.1) is 0 Å². The van der Waals surface area contributed by atoms with Gasteiger partial charge in [0, 0.05) is 19.2 Å². The Morgan fingerprint density at radius 3 is 2.05 bits per heavy atom. The summed E-state index contributed by atoms with van der Waals surface area (Å²) in [6, 6.07) is 15.0. The molecule has 5 heteroatoms. The van der Waals surface area contributed by atoms with Crippen LogP contribution in [0, 0.1) is 0 Å². The van der Waals surface area contributed by atoms with Crippen molar-refractivity contribution in [2.24, 2.45) is 0 Å². The van der Waals surface area contributed by atoms with Crippen LogP contribution in [0.2, 0.25) is 5.02 Å². The number of benzene rings is 2. The van der Waals surface area contributed by atoms with Crippen molar-refractivity contribution in [3.8, 4) is 11.5 Å². The van der Waals surface area contributed by atoms with Gasteiger partial charge in [-0.05, 0) is 29.8 Å². The molecule has 0 saturated carbocycles. The largest absolute Gasteiger partial charge is 0.485 e. The molecule has 2 aromatic rings. The van der Waals surface area contributed by atoms with E-state index in [1.54, 1.807) is 14.2 Å². The average molecular weight is 323 g/mol. The minimum atomic E-state index is -0.413. The molecule has 0 atom stereocenters. The molecule has 0 spiro atoms. The van der Waals surface area contributed by atoms with Gasteiger partial charge in [-0.1, -0.05) is 35.9 Å². The topological polar surface area (TPSA) is 36.9 Å². The lowest BCUT2D eigenvalue weighted by atomic mass is 10.2. The first kappa shape index (κ1) is 16.6. The lowest BCUT2D eigenvalue weighted by Gasteiger charge is -2.16. The molecule has 2 aromatic carbocycles. The van der Waals surface area contributed by atoms with Crippen LogP contribution in [0.1, 0.15) is 5.56 Å². The van der Waals surface area contributed by atoms with Gasteiger partial charge in [-0.3, -0.25) is 0 Å². The summed E-state index contributed by atoms with van der Waals surface area (Å²) in [7, 11) is 3.14. The standard InChI is InChI=1S/C17H19ClO4/c1-19-17(20-2)12-22-16-6-4-3-5-15(16)21-11-13-7-9-14(18)10-8-13/h3-10,17H,11-12H2,1-2H3. The Hall–Kier alpha value is -1.75. The molecule has 22 heavy (non-hydrogen) atoms. The van der Waals surface area contributed by atoms with Crippen LogP contribution >= 0.6 is 11.6 Å². The maximum atomic E-state index is 5.87. The smallest absolute Gasteiger partial charge is 0.191 e. The van der Waals surface area contributed by atoms with Crippen molar-refractivity contribution in [1.29, 1.82) is 0 Å². The predicted octanol–water partition coefficient (Wildman–Crippen LogP) is 3.92. The highest BCUT2D eigenvalue weighted by molar-refractivity contribution is 6.30. The number of methoxy groups -OCH3 is 2. The Bertz CT molecular complexity index is 567. The van der Waals surface area contributed by atoms with Gasteiger partial charge in [0.1, 0.15) is 13.2 Å². The van der Waals surface area contributed by atoms with Gasteiger partial charge >= 0.3 is 0 Å². The zero-order valence-electron chi connectivity index (χ0n) is 12.6. The van der Waals surface area contributed by atoms with Crippen LogP contribution in [0.15, 0.2) is 48.5 Å². The molecular formula is C17H19ClO4. The van der Waals surface area contributed by atoms with Crippen molar-refractivity contribution in [3.63, 3.8) is 0 Å². The average Bonchev–Trinajstić information content (AvgIpc) is 2.56. The molecule has 0 aliphatic heterocycles. The molecule has 0 aromatic heterocycles. The minimum absolute atomic E-state index is 0.286. The van der Waals surface area contributed by atoms with E-state index in [2.05, 4.69) is 0 Å². The molecular weight excluding hydrogens is 304 g/mol. The third-order valence-electron chi connectivity index (χ3n) is 3.06. The van der Waals surface area contributed by atoms with Crippen LogP contribution in [0.4, 0.5) is 0 Å². The molecule has 0 radical (unpaired) electrons. The molecule has 0 saturated heterocycles. The quantitative estimate of drug-likeness (QED) is 0.690. The van der Waals surface area contributed by atoms with Crippen LogP contribution in [0.3, 0.4) is 0 Å². The van der Waals surface area contributed by atoms with Crippen molar-refractivity contribution in [2.75, 3.05) is 20.8 Å². The SMILES string of the molecule is COC(COc1ccccc1OCc1ccc(Cl)cc1)OC. The Morgan fingerprint density at radius 2 is 1.45 bits per heavy atom. The first-order chi connectivity index (χ1) is 10.7. The summed E-state index contributed by atoms with van der Waals surface area (Å²) in [6.07, 6.45) is -0.413. The summed E-state index contributed by atoms with van der Waals surface area (Å²) in [5, 5.41) is 0.706. The monoisotopic (exact) mass is 322 g/mol. The molecule has 0 aliphatic carbocycles.